The Morgan fingerprint density at radius 2 is 2.14 bits per heavy atom. The molecule has 1 amide bonds. The third kappa shape index (κ3) is 4.19. The molecule has 0 bridgehead atoms. The van der Waals surface area contributed by atoms with Crippen LogP contribution in [0.2, 0.25) is 0 Å². The molecular formula is C16H24ClN3O. The number of benzene rings is 1. The smallest absolute Gasteiger partial charge is 0.237 e. The minimum Gasteiger partial charge on any atom is -0.353 e. The fourth-order valence-corrected chi connectivity index (χ4v) is 3.11. The molecule has 0 saturated carbocycles. The predicted octanol–water partition coefficient (Wildman–Crippen LogP) is 1.33. The average molecular weight is 310 g/mol. The summed E-state index contributed by atoms with van der Waals surface area (Å²) in [4.78, 5) is 14.3. The quantitative estimate of drug-likeness (QED) is 0.882. The van der Waals surface area contributed by atoms with E-state index in [0.29, 0.717) is 0 Å². The second-order valence-electron chi connectivity index (χ2n) is 5.73. The van der Waals surface area contributed by atoms with E-state index < -0.39 is 0 Å². The molecule has 0 aliphatic carbocycles. The summed E-state index contributed by atoms with van der Waals surface area (Å²) in [5.74, 6) is 0.167. The lowest BCUT2D eigenvalue weighted by Gasteiger charge is -2.28. The van der Waals surface area contributed by atoms with Crippen molar-refractivity contribution in [3.63, 3.8) is 0 Å². The summed E-state index contributed by atoms with van der Waals surface area (Å²) in [6.45, 7) is 4.76. The zero-order valence-corrected chi connectivity index (χ0v) is 13.1. The van der Waals surface area contributed by atoms with Gasteiger partial charge in [-0.25, -0.2) is 0 Å². The number of nitrogens with one attached hydrogen (secondary N) is 2. The molecule has 5 heteroatoms. The Morgan fingerprint density at radius 1 is 1.33 bits per heavy atom. The Morgan fingerprint density at radius 3 is 2.90 bits per heavy atom. The van der Waals surface area contributed by atoms with Crippen LogP contribution in [0.4, 0.5) is 0 Å². The maximum atomic E-state index is 11.9. The minimum atomic E-state index is 0. The van der Waals surface area contributed by atoms with Gasteiger partial charge in [-0.1, -0.05) is 24.3 Å². The van der Waals surface area contributed by atoms with Gasteiger partial charge in [0, 0.05) is 26.2 Å². The van der Waals surface area contributed by atoms with Gasteiger partial charge in [-0.05, 0) is 36.9 Å². The average Bonchev–Trinajstić information content (AvgIpc) is 3.01. The van der Waals surface area contributed by atoms with E-state index in [0.717, 1.165) is 52.0 Å². The summed E-state index contributed by atoms with van der Waals surface area (Å²) in [5.41, 5.74) is 2.91. The summed E-state index contributed by atoms with van der Waals surface area (Å²) in [6.07, 6.45) is 3.21. The van der Waals surface area contributed by atoms with Crippen molar-refractivity contribution < 1.29 is 4.79 Å². The number of fused-ring (bicyclic) bond motifs is 1. The molecule has 3 rings (SSSR count). The highest BCUT2D eigenvalue weighted by Crippen LogP contribution is 2.17. The largest absolute Gasteiger partial charge is 0.353 e. The first-order valence-electron chi connectivity index (χ1n) is 7.63. The second-order valence-corrected chi connectivity index (χ2v) is 5.73. The molecule has 2 N–H and O–H groups in total. The highest BCUT2D eigenvalue weighted by Gasteiger charge is 2.21. The molecule has 4 nitrogen and oxygen atoms in total. The molecule has 0 aromatic heterocycles. The Kier molecular flexibility index (Phi) is 6.03. The lowest BCUT2D eigenvalue weighted by atomic mass is 10.00. The van der Waals surface area contributed by atoms with Crippen molar-refractivity contribution in [2.75, 3.05) is 26.2 Å². The van der Waals surface area contributed by atoms with E-state index in [1.165, 1.54) is 11.1 Å². The summed E-state index contributed by atoms with van der Waals surface area (Å²) >= 11 is 0. The van der Waals surface area contributed by atoms with Gasteiger partial charge in [-0.3, -0.25) is 9.69 Å². The van der Waals surface area contributed by atoms with Crippen molar-refractivity contribution in [1.82, 2.24) is 15.5 Å². The van der Waals surface area contributed by atoms with E-state index in [-0.39, 0.29) is 24.4 Å². The van der Waals surface area contributed by atoms with Gasteiger partial charge in [0.15, 0.2) is 0 Å². The third-order valence-electron chi connectivity index (χ3n) is 4.31. The topological polar surface area (TPSA) is 44.4 Å². The van der Waals surface area contributed by atoms with Crippen LogP contribution in [-0.2, 0) is 17.8 Å². The van der Waals surface area contributed by atoms with Crippen molar-refractivity contribution in [3.8, 4) is 0 Å². The number of amides is 1. The number of rotatable bonds is 4. The molecule has 21 heavy (non-hydrogen) atoms. The van der Waals surface area contributed by atoms with Crippen LogP contribution in [0.15, 0.2) is 24.3 Å². The molecule has 1 atom stereocenters. The number of nitrogens with zero attached hydrogens (tertiary/aromatic N) is 1. The lowest BCUT2D eigenvalue weighted by molar-refractivity contribution is -0.122. The molecule has 2 aliphatic rings. The summed E-state index contributed by atoms with van der Waals surface area (Å²) < 4.78 is 0. The summed E-state index contributed by atoms with van der Waals surface area (Å²) in [7, 11) is 0. The second kappa shape index (κ2) is 7.78. The van der Waals surface area contributed by atoms with Gasteiger partial charge in [0.25, 0.3) is 0 Å². The Hall–Kier alpha value is -1.10. The van der Waals surface area contributed by atoms with Crippen molar-refractivity contribution in [2.24, 2.45) is 0 Å². The number of hydrogen-bond donors (Lipinski definition) is 2. The minimum absolute atomic E-state index is 0. The zero-order chi connectivity index (χ0) is 13.8. The van der Waals surface area contributed by atoms with E-state index >= 15 is 0 Å². The molecule has 2 aliphatic heterocycles. The number of carbonyl (C=O) groups excluding carboxylic acids is 1. The SMILES string of the molecule is Cl.O=C(NCCN1CCc2ccccc2C1)C1CCCN1. The third-order valence-corrected chi connectivity index (χ3v) is 4.31. The Balaban J connectivity index is 0.00000161. The zero-order valence-electron chi connectivity index (χ0n) is 12.3. The van der Waals surface area contributed by atoms with E-state index in [4.69, 9.17) is 0 Å². The maximum absolute atomic E-state index is 11.9. The Bertz CT molecular complexity index is 474. The van der Waals surface area contributed by atoms with Crippen molar-refractivity contribution in [2.45, 2.75) is 31.8 Å². The molecule has 116 valence electrons. The highest BCUT2D eigenvalue weighted by molar-refractivity contribution is 5.85. The lowest BCUT2D eigenvalue weighted by Crippen LogP contribution is -2.44. The Labute approximate surface area is 132 Å². The predicted molar refractivity (Wildman–Crippen MR) is 86.7 cm³/mol. The van der Waals surface area contributed by atoms with Crippen LogP contribution in [-0.4, -0.2) is 43.0 Å². The molecule has 1 unspecified atom stereocenters. The molecule has 1 aromatic carbocycles. The van der Waals surface area contributed by atoms with Crippen LogP contribution in [0.3, 0.4) is 0 Å². The number of hydrogen-bond acceptors (Lipinski definition) is 3. The number of halogens is 1. The van der Waals surface area contributed by atoms with Gasteiger partial charge in [0.05, 0.1) is 6.04 Å². The molecule has 1 saturated heterocycles. The van der Waals surface area contributed by atoms with Gasteiger partial charge in [-0.15, -0.1) is 12.4 Å². The van der Waals surface area contributed by atoms with Gasteiger partial charge < -0.3 is 10.6 Å². The van der Waals surface area contributed by atoms with E-state index in [9.17, 15) is 4.79 Å². The van der Waals surface area contributed by atoms with Crippen LogP contribution in [0.1, 0.15) is 24.0 Å². The van der Waals surface area contributed by atoms with Crippen LogP contribution < -0.4 is 10.6 Å². The van der Waals surface area contributed by atoms with Crippen LogP contribution in [0.25, 0.3) is 0 Å². The van der Waals surface area contributed by atoms with Crippen LogP contribution in [0, 0.1) is 0 Å². The monoisotopic (exact) mass is 309 g/mol. The van der Waals surface area contributed by atoms with Gasteiger partial charge >= 0.3 is 0 Å². The molecule has 0 spiro atoms. The van der Waals surface area contributed by atoms with Crippen LogP contribution >= 0.6 is 12.4 Å². The summed E-state index contributed by atoms with van der Waals surface area (Å²) in [6, 6.07) is 8.69. The van der Waals surface area contributed by atoms with Crippen LogP contribution in [0.5, 0.6) is 0 Å². The van der Waals surface area contributed by atoms with Crippen molar-refractivity contribution in [3.05, 3.63) is 35.4 Å². The first kappa shape index (κ1) is 16.3. The molecule has 2 heterocycles. The standard InChI is InChI=1S/C16H23N3O.ClH/c20-16(15-6-3-8-17-15)18-9-11-19-10-7-13-4-1-2-5-14(13)12-19;/h1-2,4-5,15,17H,3,6-12H2,(H,18,20);1H. The van der Waals surface area contributed by atoms with Crippen molar-refractivity contribution in [1.29, 1.82) is 0 Å². The van der Waals surface area contributed by atoms with E-state index in [1.54, 1.807) is 0 Å². The van der Waals surface area contributed by atoms with E-state index in [1.807, 2.05) is 0 Å². The van der Waals surface area contributed by atoms with Gasteiger partial charge in [-0.2, -0.15) is 0 Å². The van der Waals surface area contributed by atoms with E-state index in [2.05, 4.69) is 39.8 Å². The van der Waals surface area contributed by atoms with Crippen molar-refractivity contribution >= 4 is 18.3 Å². The number of carbonyl (C=O) groups is 1. The molecule has 1 aromatic rings. The maximum Gasteiger partial charge on any atom is 0.237 e. The van der Waals surface area contributed by atoms with Gasteiger partial charge in [0.2, 0.25) is 5.91 Å². The molecular weight excluding hydrogens is 286 g/mol. The molecule has 1 fully saturated rings. The normalized spacial score (nSPS) is 21.4. The fourth-order valence-electron chi connectivity index (χ4n) is 3.11. The van der Waals surface area contributed by atoms with Gasteiger partial charge in [0.1, 0.15) is 0 Å². The summed E-state index contributed by atoms with van der Waals surface area (Å²) in [5, 5.41) is 6.28. The highest BCUT2D eigenvalue weighted by atomic mass is 35.5. The first-order valence-corrected chi connectivity index (χ1v) is 7.63. The molecule has 0 radical (unpaired) electrons. The first-order chi connectivity index (χ1) is 9.83. The fraction of sp³-hybridized carbons (Fsp3) is 0.562.